The number of hydrogen-bond donors (Lipinski definition) is 1. The van der Waals surface area contributed by atoms with Gasteiger partial charge in [-0.1, -0.05) is 28.1 Å². The Hall–Kier alpha value is -1.81. The molecule has 90 valence electrons. The van der Waals surface area contributed by atoms with Crippen LogP contribution in [-0.2, 0) is 6.42 Å². The number of benzene rings is 1. The van der Waals surface area contributed by atoms with E-state index in [-0.39, 0.29) is 0 Å². The van der Waals surface area contributed by atoms with Crippen LogP contribution < -0.4 is 5.73 Å². The van der Waals surface area contributed by atoms with Crippen LogP contribution in [0.3, 0.4) is 0 Å². The third kappa shape index (κ3) is 2.24. The van der Waals surface area contributed by atoms with Crippen LogP contribution in [0.25, 0.3) is 5.65 Å². The van der Waals surface area contributed by atoms with E-state index in [1.165, 1.54) is 5.56 Å². The van der Waals surface area contributed by atoms with Gasteiger partial charge in [0.15, 0.2) is 0 Å². The normalized spacial score (nSPS) is 10.9. The summed E-state index contributed by atoms with van der Waals surface area (Å²) in [6, 6.07) is 12.0. The van der Waals surface area contributed by atoms with Gasteiger partial charge in [-0.25, -0.2) is 4.98 Å². The van der Waals surface area contributed by atoms with Crippen LogP contribution in [0.5, 0.6) is 0 Å². The summed E-state index contributed by atoms with van der Waals surface area (Å²) in [7, 11) is 0. The number of halogens is 1. The van der Waals surface area contributed by atoms with Crippen LogP contribution in [-0.4, -0.2) is 9.38 Å². The van der Waals surface area contributed by atoms with E-state index in [9.17, 15) is 0 Å². The minimum absolute atomic E-state index is 0.738. The molecule has 0 aliphatic heterocycles. The second kappa shape index (κ2) is 4.46. The maximum absolute atomic E-state index is 5.75. The molecule has 4 heteroatoms. The van der Waals surface area contributed by atoms with Gasteiger partial charge in [-0.3, -0.25) is 0 Å². The molecule has 1 aromatic carbocycles. The average Bonchev–Trinajstić information content (AvgIpc) is 2.70. The van der Waals surface area contributed by atoms with E-state index in [0.29, 0.717) is 0 Å². The second-order valence-corrected chi connectivity index (χ2v) is 5.18. The predicted octanol–water partition coefficient (Wildman–Crippen LogP) is 3.27. The first-order chi connectivity index (χ1) is 8.70. The number of anilines is 1. The lowest BCUT2D eigenvalue weighted by atomic mass is 10.1. The van der Waals surface area contributed by atoms with Gasteiger partial charge in [-0.15, -0.1) is 0 Å². The largest absolute Gasteiger partial charge is 0.399 e. The van der Waals surface area contributed by atoms with Crippen LogP contribution in [0.1, 0.15) is 11.3 Å². The Kier molecular flexibility index (Phi) is 2.80. The molecule has 0 aliphatic rings. The molecule has 18 heavy (non-hydrogen) atoms. The molecule has 0 saturated heterocycles. The number of hydrogen-bond acceptors (Lipinski definition) is 2. The van der Waals surface area contributed by atoms with Gasteiger partial charge in [0.1, 0.15) is 5.65 Å². The third-order valence-electron chi connectivity index (χ3n) is 2.81. The van der Waals surface area contributed by atoms with Crippen molar-refractivity contribution < 1.29 is 0 Å². The minimum atomic E-state index is 0.738. The molecule has 0 amide bonds. The molecule has 0 atom stereocenters. The van der Waals surface area contributed by atoms with Gasteiger partial charge in [0.2, 0.25) is 0 Å². The summed E-state index contributed by atoms with van der Waals surface area (Å²) in [6.45, 7) is 0. The second-order valence-electron chi connectivity index (χ2n) is 4.26. The lowest BCUT2D eigenvalue weighted by Crippen LogP contribution is -1.87. The number of imidazole rings is 1. The highest BCUT2D eigenvalue weighted by Crippen LogP contribution is 2.16. The van der Waals surface area contributed by atoms with E-state index in [1.54, 1.807) is 0 Å². The summed E-state index contributed by atoms with van der Waals surface area (Å²) in [5.41, 5.74) is 9.65. The standard InChI is InChI=1S/C14H12BrN3/c15-11-3-1-2-10(6-11)7-13-9-18-5-4-12(16)8-14(18)17-13/h1-6,8-9H,7,16H2. The highest BCUT2D eigenvalue weighted by Gasteiger charge is 2.03. The summed E-state index contributed by atoms with van der Waals surface area (Å²) in [5, 5.41) is 0. The fourth-order valence-corrected chi connectivity index (χ4v) is 2.44. The lowest BCUT2D eigenvalue weighted by molar-refractivity contribution is 1.11. The molecule has 3 rings (SSSR count). The van der Waals surface area contributed by atoms with Crippen LogP contribution >= 0.6 is 15.9 Å². The first-order valence-corrected chi connectivity index (χ1v) is 6.47. The number of aromatic nitrogens is 2. The summed E-state index contributed by atoms with van der Waals surface area (Å²) in [4.78, 5) is 4.57. The van der Waals surface area contributed by atoms with Crippen LogP contribution in [0.2, 0.25) is 0 Å². The lowest BCUT2D eigenvalue weighted by Gasteiger charge is -1.98. The molecule has 0 unspecified atom stereocenters. The van der Waals surface area contributed by atoms with Crippen molar-refractivity contribution in [1.82, 2.24) is 9.38 Å². The average molecular weight is 302 g/mol. The van der Waals surface area contributed by atoms with Crippen molar-refractivity contribution in [2.45, 2.75) is 6.42 Å². The molecule has 0 bridgehead atoms. The summed E-state index contributed by atoms with van der Waals surface area (Å²) in [6.07, 6.45) is 4.79. The molecule has 0 spiro atoms. The number of nitrogen functional groups attached to an aromatic ring is 1. The topological polar surface area (TPSA) is 43.3 Å². The van der Waals surface area contributed by atoms with Gasteiger partial charge in [-0.2, -0.15) is 0 Å². The van der Waals surface area contributed by atoms with E-state index in [4.69, 9.17) is 5.73 Å². The first-order valence-electron chi connectivity index (χ1n) is 5.68. The number of nitrogens with zero attached hydrogens (tertiary/aromatic N) is 2. The fraction of sp³-hybridized carbons (Fsp3) is 0.0714. The Morgan fingerprint density at radius 1 is 1.22 bits per heavy atom. The molecule has 2 aromatic heterocycles. The van der Waals surface area contributed by atoms with Gasteiger partial charge in [0.05, 0.1) is 5.69 Å². The Morgan fingerprint density at radius 2 is 2.11 bits per heavy atom. The molecule has 2 heterocycles. The quantitative estimate of drug-likeness (QED) is 0.789. The van der Waals surface area contributed by atoms with E-state index in [0.717, 1.165) is 27.9 Å². The van der Waals surface area contributed by atoms with Crippen molar-refractivity contribution in [2.24, 2.45) is 0 Å². The number of rotatable bonds is 2. The van der Waals surface area contributed by atoms with Crippen LogP contribution in [0.4, 0.5) is 5.69 Å². The molecular weight excluding hydrogens is 290 g/mol. The monoisotopic (exact) mass is 301 g/mol. The zero-order valence-corrected chi connectivity index (χ0v) is 11.3. The Labute approximate surface area is 113 Å². The maximum Gasteiger partial charge on any atom is 0.139 e. The van der Waals surface area contributed by atoms with E-state index >= 15 is 0 Å². The highest BCUT2D eigenvalue weighted by molar-refractivity contribution is 9.10. The predicted molar refractivity (Wildman–Crippen MR) is 76.6 cm³/mol. The first kappa shape index (κ1) is 11.3. The van der Waals surface area contributed by atoms with Crippen molar-refractivity contribution in [3.8, 4) is 0 Å². The Morgan fingerprint density at radius 3 is 2.94 bits per heavy atom. The maximum atomic E-state index is 5.75. The van der Waals surface area contributed by atoms with E-state index in [1.807, 2.05) is 41.1 Å². The Bertz CT molecular complexity index is 703. The van der Waals surface area contributed by atoms with E-state index < -0.39 is 0 Å². The summed E-state index contributed by atoms with van der Waals surface area (Å²) in [5.74, 6) is 0. The van der Waals surface area contributed by atoms with Crippen molar-refractivity contribution in [3.63, 3.8) is 0 Å². The van der Waals surface area contributed by atoms with Crippen molar-refractivity contribution in [2.75, 3.05) is 5.73 Å². The molecule has 3 nitrogen and oxygen atoms in total. The smallest absolute Gasteiger partial charge is 0.139 e. The molecule has 2 N–H and O–H groups in total. The fourth-order valence-electron chi connectivity index (χ4n) is 1.99. The van der Waals surface area contributed by atoms with Gasteiger partial charge < -0.3 is 10.1 Å². The van der Waals surface area contributed by atoms with Crippen LogP contribution in [0.15, 0.2) is 53.3 Å². The van der Waals surface area contributed by atoms with E-state index in [2.05, 4.69) is 33.0 Å². The molecule has 0 saturated carbocycles. The van der Waals surface area contributed by atoms with Gasteiger partial charge in [0.25, 0.3) is 0 Å². The van der Waals surface area contributed by atoms with Gasteiger partial charge in [0, 0.05) is 35.0 Å². The SMILES string of the molecule is Nc1ccn2cc(Cc3cccc(Br)c3)nc2c1. The van der Waals surface area contributed by atoms with Crippen molar-refractivity contribution in [1.29, 1.82) is 0 Å². The van der Waals surface area contributed by atoms with Gasteiger partial charge in [-0.05, 0) is 23.8 Å². The number of nitrogens with two attached hydrogens (primary N) is 1. The zero-order valence-electron chi connectivity index (χ0n) is 9.68. The summed E-state index contributed by atoms with van der Waals surface area (Å²) >= 11 is 3.48. The third-order valence-corrected chi connectivity index (χ3v) is 3.30. The van der Waals surface area contributed by atoms with Crippen LogP contribution in [0, 0.1) is 0 Å². The highest BCUT2D eigenvalue weighted by atomic mass is 79.9. The van der Waals surface area contributed by atoms with Crippen molar-refractivity contribution >= 4 is 27.3 Å². The van der Waals surface area contributed by atoms with Gasteiger partial charge >= 0.3 is 0 Å². The van der Waals surface area contributed by atoms with Crippen molar-refractivity contribution in [3.05, 3.63) is 64.5 Å². The molecule has 0 radical (unpaired) electrons. The molecule has 0 fully saturated rings. The summed E-state index contributed by atoms with van der Waals surface area (Å²) < 4.78 is 3.08. The molecule has 3 aromatic rings. The number of fused-ring (bicyclic) bond motifs is 1. The number of pyridine rings is 1. The zero-order chi connectivity index (χ0) is 12.5. The minimum Gasteiger partial charge on any atom is -0.399 e. The Balaban J connectivity index is 1.95. The molecular formula is C14H12BrN3. The molecule has 0 aliphatic carbocycles.